The molecule has 0 heterocycles. The van der Waals surface area contributed by atoms with E-state index < -0.39 is 0 Å². The number of ether oxygens (including phenoxy) is 1. The SMILES string of the molecule is CC.CCOC(=O)CNc1ccccc1. The Hall–Kier alpha value is -1.51. The lowest BCUT2D eigenvalue weighted by atomic mass is 10.3. The number of hydrogen-bond donors (Lipinski definition) is 1. The molecule has 3 heteroatoms. The van der Waals surface area contributed by atoms with Gasteiger partial charge < -0.3 is 10.1 Å². The first-order chi connectivity index (χ1) is 7.33. The predicted octanol–water partition coefficient (Wildman–Crippen LogP) is 2.69. The Bertz CT molecular complexity index is 260. The highest BCUT2D eigenvalue weighted by molar-refractivity contribution is 5.74. The molecule has 1 aromatic rings. The third kappa shape index (κ3) is 6.55. The second kappa shape index (κ2) is 9.06. The van der Waals surface area contributed by atoms with Crippen molar-refractivity contribution < 1.29 is 9.53 Å². The summed E-state index contributed by atoms with van der Waals surface area (Å²) >= 11 is 0. The van der Waals surface area contributed by atoms with Gasteiger partial charge in [0.25, 0.3) is 0 Å². The molecule has 0 unspecified atom stereocenters. The van der Waals surface area contributed by atoms with Gasteiger partial charge in [0.1, 0.15) is 6.54 Å². The van der Waals surface area contributed by atoms with Gasteiger partial charge in [0.15, 0.2) is 0 Å². The average Bonchev–Trinajstić information content (AvgIpc) is 2.31. The van der Waals surface area contributed by atoms with Crippen molar-refractivity contribution in [1.29, 1.82) is 0 Å². The van der Waals surface area contributed by atoms with E-state index in [0.29, 0.717) is 6.61 Å². The molecule has 0 fully saturated rings. The molecular formula is C12H19NO2. The Morgan fingerprint density at radius 2 is 1.87 bits per heavy atom. The smallest absolute Gasteiger partial charge is 0.325 e. The van der Waals surface area contributed by atoms with Crippen molar-refractivity contribution in [2.75, 3.05) is 18.5 Å². The lowest BCUT2D eigenvalue weighted by Gasteiger charge is -2.04. The number of esters is 1. The molecule has 3 nitrogen and oxygen atoms in total. The molecule has 0 amide bonds. The second-order valence-corrected chi connectivity index (χ2v) is 2.52. The fraction of sp³-hybridized carbons (Fsp3) is 0.417. The molecule has 84 valence electrons. The fourth-order valence-electron chi connectivity index (χ4n) is 0.942. The topological polar surface area (TPSA) is 38.3 Å². The van der Waals surface area contributed by atoms with Gasteiger partial charge in [-0.3, -0.25) is 4.79 Å². The highest BCUT2D eigenvalue weighted by Crippen LogP contribution is 2.03. The molecule has 0 saturated heterocycles. The molecule has 0 saturated carbocycles. The average molecular weight is 209 g/mol. The Balaban J connectivity index is 0.000000921. The maximum Gasteiger partial charge on any atom is 0.325 e. The standard InChI is InChI=1S/C10H13NO2.C2H6/c1-2-13-10(12)8-11-9-6-4-3-5-7-9;1-2/h3-7,11H,2,8H2,1H3;1-2H3. The van der Waals surface area contributed by atoms with Gasteiger partial charge in [-0.15, -0.1) is 0 Å². The normalized spacial score (nSPS) is 8.47. The number of nitrogens with one attached hydrogen (secondary N) is 1. The van der Waals surface area contributed by atoms with Gasteiger partial charge in [-0.2, -0.15) is 0 Å². The minimum Gasteiger partial charge on any atom is -0.465 e. The minimum atomic E-state index is -0.230. The maximum atomic E-state index is 10.9. The summed E-state index contributed by atoms with van der Waals surface area (Å²) in [6.45, 7) is 6.44. The monoisotopic (exact) mass is 209 g/mol. The van der Waals surface area contributed by atoms with Gasteiger partial charge >= 0.3 is 5.97 Å². The van der Waals surface area contributed by atoms with Crippen molar-refractivity contribution in [3.63, 3.8) is 0 Å². The molecule has 0 aliphatic rings. The van der Waals surface area contributed by atoms with Crippen LogP contribution in [-0.2, 0) is 9.53 Å². The van der Waals surface area contributed by atoms with Crippen LogP contribution in [0.3, 0.4) is 0 Å². The van der Waals surface area contributed by atoms with Crippen LogP contribution < -0.4 is 5.32 Å². The van der Waals surface area contributed by atoms with E-state index in [1.165, 1.54) is 0 Å². The summed E-state index contributed by atoms with van der Waals surface area (Å²) in [7, 11) is 0. The number of carbonyl (C=O) groups excluding carboxylic acids is 1. The lowest BCUT2D eigenvalue weighted by Crippen LogP contribution is -2.16. The first-order valence-electron chi connectivity index (χ1n) is 5.27. The van der Waals surface area contributed by atoms with Crippen molar-refractivity contribution in [2.24, 2.45) is 0 Å². The van der Waals surface area contributed by atoms with Crippen LogP contribution in [0.1, 0.15) is 20.8 Å². The Kier molecular flexibility index (Phi) is 8.15. The summed E-state index contributed by atoms with van der Waals surface area (Å²) in [5, 5.41) is 2.95. The number of para-hydroxylation sites is 1. The summed E-state index contributed by atoms with van der Waals surface area (Å²) in [6.07, 6.45) is 0. The van der Waals surface area contributed by atoms with Gasteiger partial charge in [0.05, 0.1) is 6.61 Å². The quantitative estimate of drug-likeness (QED) is 0.775. The number of carbonyl (C=O) groups is 1. The molecule has 1 rings (SSSR count). The van der Waals surface area contributed by atoms with Crippen LogP contribution in [0.4, 0.5) is 5.69 Å². The van der Waals surface area contributed by atoms with Crippen LogP contribution in [-0.4, -0.2) is 19.1 Å². The first-order valence-corrected chi connectivity index (χ1v) is 5.27. The number of rotatable bonds is 4. The molecule has 1 aromatic carbocycles. The van der Waals surface area contributed by atoms with Crippen LogP contribution in [0.2, 0.25) is 0 Å². The molecule has 0 aliphatic carbocycles. The number of anilines is 1. The van der Waals surface area contributed by atoms with Gasteiger partial charge in [0, 0.05) is 5.69 Å². The van der Waals surface area contributed by atoms with Gasteiger partial charge in [-0.1, -0.05) is 32.0 Å². The fourth-order valence-corrected chi connectivity index (χ4v) is 0.942. The van der Waals surface area contributed by atoms with E-state index in [9.17, 15) is 4.79 Å². The molecule has 1 N–H and O–H groups in total. The van der Waals surface area contributed by atoms with Crippen LogP contribution in [0.15, 0.2) is 30.3 Å². The zero-order valence-corrected chi connectivity index (χ0v) is 9.62. The van der Waals surface area contributed by atoms with Gasteiger partial charge in [0.2, 0.25) is 0 Å². The van der Waals surface area contributed by atoms with E-state index in [2.05, 4.69) is 5.32 Å². The molecule has 0 bridgehead atoms. The zero-order valence-electron chi connectivity index (χ0n) is 9.62. The number of benzene rings is 1. The molecule has 0 aromatic heterocycles. The van der Waals surface area contributed by atoms with E-state index in [0.717, 1.165) is 5.69 Å². The summed E-state index contributed by atoms with van der Waals surface area (Å²) < 4.78 is 4.76. The van der Waals surface area contributed by atoms with Gasteiger partial charge in [-0.25, -0.2) is 0 Å². The van der Waals surface area contributed by atoms with Crippen molar-refractivity contribution in [1.82, 2.24) is 0 Å². The minimum absolute atomic E-state index is 0.220. The highest BCUT2D eigenvalue weighted by atomic mass is 16.5. The third-order valence-electron chi connectivity index (χ3n) is 1.52. The molecule has 0 spiro atoms. The second-order valence-electron chi connectivity index (χ2n) is 2.52. The maximum absolute atomic E-state index is 10.9. The third-order valence-corrected chi connectivity index (χ3v) is 1.52. The molecule has 15 heavy (non-hydrogen) atoms. The van der Waals surface area contributed by atoms with Crippen molar-refractivity contribution in [3.8, 4) is 0 Å². The summed E-state index contributed by atoms with van der Waals surface area (Å²) in [6, 6.07) is 9.55. The molecular weight excluding hydrogens is 190 g/mol. The van der Waals surface area contributed by atoms with Crippen LogP contribution in [0.5, 0.6) is 0 Å². The summed E-state index contributed by atoms with van der Waals surface area (Å²) in [5.41, 5.74) is 0.926. The van der Waals surface area contributed by atoms with Crippen molar-refractivity contribution >= 4 is 11.7 Å². The van der Waals surface area contributed by atoms with Gasteiger partial charge in [-0.05, 0) is 19.1 Å². The van der Waals surface area contributed by atoms with E-state index in [4.69, 9.17) is 4.74 Å². The van der Waals surface area contributed by atoms with Crippen molar-refractivity contribution in [3.05, 3.63) is 30.3 Å². The van der Waals surface area contributed by atoms with E-state index in [1.54, 1.807) is 6.92 Å². The Morgan fingerprint density at radius 1 is 1.27 bits per heavy atom. The molecule has 0 aliphatic heterocycles. The summed E-state index contributed by atoms with van der Waals surface area (Å²) in [4.78, 5) is 10.9. The highest BCUT2D eigenvalue weighted by Gasteiger charge is 1.99. The van der Waals surface area contributed by atoms with Crippen LogP contribution >= 0.6 is 0 Å². The van der Waals surface area contributed by atoms with Crippen LogP contribution in [0, 0.1) is 0 Å². The Morgan fingerprint density at radius 3 is 2.40 bits per heavy atom. The largest absolute Gasteiger partial charge is 0.465 e. The number of hydrogen-bond acceptors (Lipinski definition) is 3. The Labute approximate surface area is 91.5 Å². The van der Waals surface area contributed by atoms with Crippen LogP contribution in [0.25, 0.3) is 0 Å². The lowest BCUT2D eigenvalue weighted by molar-refractivity contribution is -0.140. The van der Waals surface area contributed by atoms with E-state index >= 15 is 0 Å². The first kappa shape index (κ1) is 13.5. The molecule has 0 radical (unpaired) electrons. The predicted molar refractivity (Wildman–Crippen MR) is 62.9 cm³/mol. The molecule has 0 atom stereocenters. The zero-order chi connectivity index (χ0) is 11.5. The van der Waals surface area contributed by atoms with E-state index in [1.807, 2.05) is 44.2 Å². The summed E-state index contributed by atoms with van der Waals surface area (Å²) in [5.74, 6) is -0.230. The van der Waals surface area contributed by atoms with Crippen molar-refractivity contribution in [2.45, 2.75) is 20.8 Å². The van der Waals surface area contributed by atoms with E-state index in [-0.39, 0.29) is 12.5 Å².